The minimum atomic E-state index is -1.11. The molecule has 0 N–H and O–H groups in total. The molecule has 2 aromatic rings. The molecule has 3 heteroatoms. The Morgan fingerprint density at radius 3 is 2.00 bits per heavy atom. The van der Waals surface area contributed by atoms with Crippen LogP contribution in [-0.2, 0) is 0 Å². The molecule has 1 aliphatic rings. The van der Waals surface area contributed by atoms with E-state index in [1.807, 2.05) is 6.07 Å². The van der Waals surface area contributed by atoms with Gasteiger partial charge in [-0.15, -0.1) is 0 Å². The van der Waals surface area contributed by atoms with Crippen LogP contribution in [0.3, 0.4) is 0 Å². The van der Waals surface area contributed by atoms with E-state index in [0.717, 1.165) is 0 Å². The Morgan fingerprint density at radius 2 is 1.43 bits per heavy atom. The summed E-state index contributed by atoms with van der Waals surface area (Å²) >= 11 is 0. The average molecular weight is 304 g/mol. The summed E-state index contributed by atoms with van der Waals surface area (Å²) in [5, 5.41) is 0. The van der Waals surface area contributed by atoms with Crippen LogP contribution >= 0.6 is 0 Å². The van der Waals surface area contributed by atoms with E-state index in [0.29, 0.717) is 16.7 Å². The van der Waals surface area contributed by atoms with E-state index in [1.165, 1.54) is 6.08 Å². The van der Waals surface area contributed by atoms with E-state index in [-0.39, 0.29) is 23.8 Å². The molecule has 114 valence electrons. The number of allylic oxidation sites excluding steroid dienone is 2. The maximum absolute atomic E-state index is 12.5. The van der Waals surface area contributed by atoms with Gasteiger partial charge in [0.05, 0.1) is 5.41 Å². The molecule has 0 fully saturated rings. The van der Waals surface area contributed by atoms with Crippen molar-refractivity contribution in [2.75, 3.05) is 0 Å². The zero-order valence-corrected chi connectivity index (χ0v) is 12.8. The molecule has 0 saturated carbocycles. The van der Waals surface area contributed by atoms with E-state index in [2.05, 4.69) is 0 Å². The van der Waals surface area contributed by atoms with Gasteiger partial charge < -0.3 is 0 Å². The van der Waals surface area contributed by atoms with Gasteiger partial charge in [-0.05, 0) is 19.4 Å². The Bertz CT molecular complexity index is 781. The van der Waals surface area contributed by atoms with Gasteiger partial charge in [0.25, 0.3) is 0 Å². The normalized spacial score (nSPS) is 15.9. The van der Waals surface area contributed by atoms with Gasteiger partial charge >= 0.3 is 0 Å². The number of carbonyl (C=O) groups excluding carboxylic acids is 3. The topological polar surface area (TPSA) is 51.2 Å². The van der Waals surface area contributed by atoms with Crippen molar-refractivity contribution >= 4 is 17.3 Å². The van der Waals surface area contributed by atoms with Gasteiger partial charge in [0.15, 0.2) is 17.3 Å². The molecule has 3 rings (SSSR count). The van der Waals surface area contributed by atoms with Gasteiger partial charge in [-0.2, -0.15) is 0 Å². The molecule has 23 heavy (non-hydrogen) atoms. The molecule has 0 spiro atoms. The lowest BCUT2D eigenvalue weighted by Gasteiger charge is -2.17. The Labute approximate surface area is 134 Å². The van der Waals surface area contributed by atoms with Crippen LogP contribution in [0.4, 0.5) is 0 Å². The zero-order chi connectivity index (χ0) is 16.4. The molecule has 1 aliphatic carbocycles. The fourth-order valence-corrected chi connectivity index (χ4v) is 2.86. The van der Waals surface area contributed by atoms with Crippen LogP contribution in [0.2, 0.25) is 0 Å². The number of Topliss-reactive ketones (excluding diaryl/α,β-unsaturated/α-hetero) is 2. The molecule has 0 unspecified atom stereocenters. The number of hydrogen-bond acceptors (Lipinski definition) is 3. The maximum atomic E-state index is 12.5. The molecule has 0 aliphatic heterocycles. The number of rotatable bonds is 4. The van der Waals surface area contributed by atoms with Crippen LogP contribution in [0, 0.1) is 5.41 Å². The number of fused-ring (bicyclic) bond motifs is 1. The first-order valence-electron chi connectivity index (χ1n) is 7.48. The van der Waals surface area contributed by atoms with Gasteiger partial charge in [-0.25, -0.2) is 0 Å². The lowest BCUT2D eigenvalue weighted by molar-refractivity contribution is 0.0724. The van der Waals surface area contributed by atoms with E-state index < -0.39 is 5.41 Å². The monoisotopic (exact) mass is 304 g/mol. The Morgan fingerprint density at radius 1 is 0.913 bits per heavy atom. The van der Waals surface area contributed by atoms with Crippen LogP contribution < -0.4 is 0 Å². The smallest absolute Gasteiger partial charge is 0.185 e. The fourth-order valence-electron chi connectivity index (χ4n) is 2.86. The molecule has 0 atom stereocenters. The third-order valence-electron chi connectivity index (χ3n) is 4.27. The van der Waals surface area contributed by atoms with Gasteiger partial charge in [-0.3, -0.25) is 14.4 Å². The third kappa shape index (κ3) is 2.55. The van der Waals surface area contributed by atoms with E-state index >= 15 is 0 Å². The highest BCUT2D eigenvalue weighted by Gasteiger charge is 2.48. The molecular weight excluding hydrogens is 288 g/mol. The molecule has 3 nitrogen and oxygen atoms in total. The molecule has 0 bridgehead atoms. The number of hydrogen-bond donors (Lipinski definition) is 0. The second-order valence-electron chi connectivity index (χ2n) is 5.87. The summed E-state index contributed by atoms with van der Waals surface area (Å²) in [6.45, 7) is 1.65. The minimum absolute atomic E-state index is 0.135. The van der Waals surface area contributed by atoms with Crippen molar-refractivity contribution in [1.82, 2.24) is 0 Å². The fraction of sp³-hybridized carbons (Fsp3) is 0.150. The Balaban J connectivity index is 1.79. The summed E-state index contributed by atoms with van der Waals surface area (Å²) in [5.74, 6) is -0.477. The lowest BCUT2D eigenvalue weighted by Crippen LogP contribution is -2.29. The molecule has 0 aromatic heterocycles. The first-order valence-corrected chi connectivity index (χ1v) is 7.48. The molecule has 2 aromatic carbocycles. The molecule has 0 heterocycles. The number of carbonyl (C=O) groups is 3. The van der Waals surface area contributed by atoms with Crippen LogP contribution in [0.1, 0.15) is 44.4 Å². The minimum Gasteiger partial charge on any atom is -0.293 e. The molecule has 0 amide bonds. The average Bonchev–Trinajstić information content (AvgIpc) is 2.78. The summed E-state index contributed by atoms with van der Waals surface area (Å²) in [6, 6.07) is 15.8. The number of benzene rings is 2. The van der Waals surface area contributed by atoms with Crippen molar-refractivity contribution in [3.05, 3.63) is 83.4 Å². The largest absolute Gasteiger partial charge is 0.293 e. The SMILES string of the molecule is CC1(C/C=C/C(=O)c2ccccc2)C(=O)c2ccccc2C1=O. The molecular formula is C20H16O3. The van der Waals surface area contributed by atoms with Crippen molar-refractivity contribution < 1.29 is 14.4 Å². The van der Waals surface area contributed by atoms with Crippen molar-refractivity contribution in [2.45, 2.75) is 13.3 Å². The van der Waals surface area contributed by atoms with Gasteiger partial charge in [-0.1, -0.05) is 60.7 Å². The van der Waals surface area contributed by atoms with E-state index in [1.54, 1.807) is 61.5 Å². The first-order chi connectivity index (χ1) is 11.0. The third-order valence-corrected chi connectivity index (χ3v) is 4.27. The summed E-state index contributed by atoms with van der Waals surface area (Å²) in [6.07, 6.45) is 3.28. The van der Waals surface area contributed by atoms with Gasteiger partial charge in [0, 0.05) is 16.7 Å². The maximum Gasteiger partial charge on any atom is 0.185 e. The van der Waals surface area contributed by atoms with Crippen LogP contribution in [0.25, 0.3) is 0 Å². The van der Waals surface area contributed by atoms with Crippen molar-refractivity contribution in [2.24, 2.45) is 5.41 Å². The second-order valence-corrected chi connectivity index (χ2v) is 5.87. The highest BCUT2D eigenvalue weighted by Crippen LogP contribution is 2.39. The van der Waals surface area contributed by atoms with E-state index in [9.17, 15) is 14.4 Å². The van der Waals surface area contributed by atoms with Crippen molar-refractivity contribution in [3.8, 4) is 0 Å². The van der Waals surface area contributed by atoms with Crippen LogP contribution in [0.15, 0.2) is 66.7 Å². The lowest BCUT2D eigenvalue weighted by atomic mass is 9.81. The summed E-state index contributed by atoms with van der Waals surface area (Å²) in [7, 11) is 0. The van der Waals surface area contributed by atoms with Crippen LogP contribution in [-0.4, -0.2) is 17.3 Å². The van der Waals surface area contributed by atoms with Gasteiger partial charge in [0.2, 0.25) is 0 Å². The second kappa shape index (κ2) is 5.76. The summed E-state index contributed by atoms with van der Waals surface area (Å²) in [5.41, 5.74) is 0.420. The van der Waals surface area contributed by atoms with Crippen molar-refractivity contribution in [3.63, 3.8) is 0 Å². The van der Waals surface area contributed by atoms with Crippen molar-refractivity contribution in [1.29, 1.82) is 0 Å². The summed E-state index contributed by atoms with van der Waals surface area (Å²) in [4.78, 5) is 37.1. The predicted molar refractivity (Wildman–Crippen MR) is 87.7 cm³/mol. The standard InChI is InChI=1S/C20H16O3/c1-20(13-7-12-17(21)14-8-3-2-4-9-14)18(22)15-10-5-6-11-16(15)19(20)23/h2-12H,13H2,1H3/b12-7+. The van der Waals surface area contributed by atoms with E-state index in [4.69, 9.17) is 0 Å². The first kappa shape index (κ1) is 15.1. The molecule has 0 saturated heterocycles. The highest BCUT2D eigenvalue weighted by molar-refractivity contribution is 6.29. The summed E-state index contributed by atoms with van der Waals surface area (Å²) < 4.78 is 0. The number of ketones is 3. The zero-order valence-electron chi connectivity index (χ0n) is 12.8. The Hall–Kier alpha value is -2.81. The Kier molecular flexibility index (Phi) is 3.78. The quantitative estimate of drug-likeness (QED) is 0.489. The molecule has 0 radical (unpaired) electrons. The highest BCUT2D eigenvalue weighted by atomic mass is 16.2. The van der Waals surface area contributed by atoms with Crippen LogP contribution in [0.5, 0.6) is 0 Å². The predicted octanol–water partition coefficient (Wildman–Crippen LogP) is 3.90. The van der Waals surface area contributed by atoms with Gasteiger partial charge in [0.1, 0.15) is 0 Å².